The zero-order chi connectivity index (χ0) is 32.0. The number of aliphatic carboxylic acids is 1. The lowest BCUT2D eigenvalue weighted by atomic mass is 9.97. The zero-order valence-electron chi connectivity index (χ0n) is 24.5. The van der Waals surface area contributed by atoms with Gasteiger partial charge < -0.3 is 19.0 Å². The fraction of sp³-hybridized carbons (Fsp3) is 0.250. The summed E-state index contributed by atoms with van der Waals surface area (Å²) in [5.41, 5.74) is 2.62. The van der Waals surface area contributed by atoms with Crippen molar-refractivity contribution in [2.45, 2.75) is 50.3 Å². The second kappa shape index (κ2) is 13.9. The van der Waals surface area contributed by atoms with Gasteiger partial charge in [0.05, 0.1) is 35.8 Å². The van der Waals surface area contributed by atoms with Crippen LogP contribution >= 0.6 is 24.4 Å². The number of nitrogens with zero attached hydrogens (tertiary/aromatic N) is 6. The summed E-state index contributed by atoms with van der Waals surface area (Å²) >= 11 is 10.9. The van der Waals surface area contributed by atoms with E-state index < -0.39 is 18.1 Å². The molecule has 4 heterocycles. The highest BCUT2D eigenvalue weighted by Crippen LogP contribution is 2.27. The molecular weight excluding hydrogens is 625 g/mol. The lowest BCUT2D eigenvalue weighted by Crippen LogP contribution is -2.29. The van der Waals surface area contributed by atoms with Crippen LogP contribution in [0.5, 0.6) is 0 Å². The number of benzene rings is 2. The van der Waals surface area contributed by atoms with Gasteiger partial charge in [-0.1, -0.05) is 91.5 Å². The van der Waals surface area contributed by atoms with E-state index in [-0.39, 0.29) is 12.1 Å². The summed E-state index contributed by atoms with van der Waals surface area (Å²) < 4.78 is 9.92. The first-order valence-corrected chi connectivity index (χ1v) is 15.6. The molecule has 2 atom stereocenters. The second-order valence-electron chi connectivity index (χ2n) is 10.8. The molecule has 0 radical (unpaired) electrons. The molecule has 1 aliphatic carbocycles. The molecule has 0 saturated heterocycles. The fourth-order valence-electron chi connectivity index (χ4n) is 5.57. The largest absolute Gasteiger partial charge is 0.479 e. The van der Waals surface area contributed by atoms with Gasteiger partial charge in [-0.25, -0.2) is 19.6 Å². The van der Waals surface area contributed by atoms with Crippen molar-refractivity contribution in [2.24, 2.45) is 0 Å². The molecule has 3 N–H and O–H groups in total. The molecule has 4 aromatic heterocycles. The average molecular weight is 655 g/mol. The van der Waals surface area contributed by atoms with Crippen LogP contribution < -0.4 is 0 Å². The molecule has 1 aliphatic rings. The van der Waals surface area contributed by atoms with E-state index in [1.807, 2.05) is 36.4 Å². The van der Waals surface area contributed by atoms with Gasteiger partial charge in [0, 0.05) is 0 Å². The monoisotopic (exact) mass is 654 g/mol. The second-order valence-corrected chi connectivity index (χ2v) is 11.6. The predicted octanol–water partition coefficient (Wildman–Crippen LogP) is 6.12. The van der Waals surface area contributed by atoms with E-state index in [0.717, 1.165) is 31.2 Å². The van der Waals surface area contributed by atoms with Crippen LogP contribution in [0.2, 0.25) is 0 Å². The zero-order valence-corrected chi connectivity index (χ0v) is 26.2. The fourth-order valence-corrected chi connectivity index (χ4v) is 6.18. The van der Waals surface area contributed by atoms with E-state index in [9.17, 15) is 14.7 Å². The number of H-pyrrole nitrogens is 2. The predicted molar refractivity (Wildman–Crippen MR) is 175 cm³/mol. The minimum absolute atomic E-state index is 0.0118. The molecule has 0 bridgehead atoms. The number of fused-ring (bicyclic) bond motifs is 2. The van der Waals surface area contributed by atoms with Crippen molar-refractivity contribution in [2.75, 3.05) is 0 Å². The average Bonchev–Trinajstić information content (AvgIpc) is 3.76. The summed E-state index contributed by atoms with van der Waals surface area (Å²) in [6.45, 7) is 0. The number of hydrogen-bond donors (Lipinski definition) is 3. The summed E-state index contributed by atoms with van der Waals surface area (Å²) in [4.78, 5) is 33.2. The third-order valence-corrected chi connectivity index (χ3v) is 8.73. The van der Waals surface area contributed by atoms with Gasteiger partial charge in [-0.3, -0.25) is 10.2 Å². The lowest BCUT2D eigenvalue weighted by molar-refractivity contribution is -0.153. The Bertz CT molecular complexity index is 2090. The third-order valence-electron chi connectivity index (χ3n) is 7.87. The van der Waals surface area contributed by atoms with Crippen molar-refractivity contribution in [1.29, 1.82) is 0 Å². The molecule has 12 nitrogen and oxygen atoms in total. The number of carbonyl (C=O) groups is 2. The smallest absolute Gasteiger partial charge is 0.334 e. The first kappa shape index (κ1) is 30.9. The molecule has 234 valence electrons. The normalized spacial score (nSPS) is 14.7. The Hall–Kier alpha value is -5.08. The Morgan fingerprint density at radius 2 is 1.24 bits per heavy atom. The maximum absolute atomic E-state index is 13.1. The first-order chi connectivity index (χ1) is 22.4. The molecule has 1 saturated carbocycles. The van der Waals surface area contributed by atoms with Gasteiger partial charge in [0.15, 0.2) is 23.4 Å². The Labute approximate surface area is 273 Å². The molecule has 0 spiro atoms. The molecule has 14 heteroatoms. The van der Waals surface area contributed by atoms with Crippen LogP contribution in [0.15, 0.2) is 85.7 Å². The lowest BCUT2D eigenvalue weighted by Gasteiger charge is -2.26. The van der Waals surface area contributed by atoms with Gasteiger partial charge in [-0.05, 0) is 36.8 Å². The Morgan fingerprint density at radius 1 is 0.761 bits per heavy atom. The molecule has 1 fully saturated rings. The van der Waals surface area contributed by atoms with E-state index in [1.165, 1.54) is 17.3 Å². The number of hydrogen-bond acceptors (Lipinski definition) is 9. The summed E-state index contributed by atoms with van der Waals surface area (Å²) in [6, 6.07) is 16.9. The SMILES string of the molecule is O=C(O)C(c1ccccc1)n1cnc2[nH]ncc2c1=S.O=C(OC1CCCCC1)C(c1ccccc1)n1cnc2[nH]ncc2c1=S. The van der Waals surface area contributed by atoms with Gasteiger partial charge in [-0.2, -0.15) is 10.2 Å². The molecular formula is C32H30N8O4S2. The number of carbonyl (C=O) groups excluding carboxylic acids is 1. The van der Waals surface area contributed by atoms with Gasteiger partial charge in [0.25, 0.3) is 0 Å². The number of esters is 1. The van der Waals surface area contributed by atoms with Gasteiger partial charge in [-0.15, -0.1) is 0 Å². The summed E-state index contributed by atoms with van der Waals surface area (Å²) in [7, 11) is 0. The number of carboxylic acid groups (broad SMARTS) is 1. The summed E-state index contributed by atoms with van der Waals surface area (Å²) in [5, 5.41) is 24.2. The van der Waals surface area contributed by atoms with E-state index in [4.69, 9.17) is 29.2 Å². The molecule has 2 unspecified atom stereocenters. The van der Waals surface area contributed by atoms with E-state index in [1.54, 1.807) is 47.6 Å². The van der Waals surface area contributed by atoms with Crippen molar-refractivity contribution in [3.8, 4) is 0 Å². The van der Waals surface area contributed by atoms with Crippen molar-refractivity contribution in [3.63, 3.8) is 0 Å². The molecule has 2 aromatic carbocycles. The van der Waals surface area contributed by atoms with Gasteiger partial charge >= 0.3 is 11.9 Å². The molecule has 0 aliphatic heterocycles. The number of aromatic amines is 2. The third kappa shape index (κ3) is 6.48. The molecule has 6 aromatic rings. The Balaban J connectivity index is 0.000000167. The maximum Gasteiger partial charge on any atom is 0.334 e. The van der Waals surface area contributed by atoms with E-state index in [2.05, 4.69) is 30.4 Å². The standard InChI is InChI=1S/C19H20N4O2S.C13H10N4O2S/c24-19(25-14-9-5-2-6-10-14)16(13-7-3-1-4-8-13)23-12-20-17-15(18(23)26)11-21-22-17;18-13(19)10(8-4-2-1-3-5-8)17-7-14-11-9(12(17)20)6-15-16-11/h1,3-4,7-8,11-12,14,16H,2,5-6,9-10H2,(H,21,22);1-7,10H,(H,15,16)(H,18,19). The number of aromatic nitrogens is 8. The number of rotatable bonds is 7. The Kier molecular flexibility index (Phi) is 9.36. The highest BCUT2D eigenvalue weighted by Gasteiger charge is 2.28. The van der Waals surface area contributed by atoms with Crippen molar-refractivity contribution >= 4 is 58.4 Å². The van der Waals surface area contributed by atoms with Crippen LogP contribution in [0, 0.1) is 9.28 Å². The number of ether oxygens (including phenoxy) is 1. The minimum atomic E-state index is -0.989. The number of carboxylic acids is 1. The quantitative estimate of drug-likeness (QED) is 0.135. The van der Waals surface area contributed by atoms with Crippen molar-refractivity contribution in [1.82, 2.24) is 39.5 Å². The highest BCUT2D eigenvalue weighted by molar-refractivity contribution is 7.71. The van der Waals surface area contributed by atoms with Crippen molar-refractivity contribution in [3.05, 3.63) is 106 Å². The minimum Gasteiger partial charge on any atom is -0.479 e. The van der Waals surface area contributed by atoms with Crippen LogP contribution in [0.1, 0.15) is 55.3 Å². The topological polar surface area (TPSA) is 157 Å². The van der Waals surface area contributed by atoms with Crippen LogP contribution in [-0.2, 0) is 14.3 Å². The van der Waals surface area contributed by atoms with Gasteiger partial charge in [0.2, 0.25) is 0 Å². The molecule has 0 amide bonds. The Morgan fingerprint density at radius 3 is 1.74 bits per heavy atom. The maximum atomic E-state index is 13.1. The summed E-state index contributed by atoms with van der Waals surface area (Å²) in [6.07, 6.45) is 11.5. The highest BCUT2D eigenvalue weighted by atomic mass is 32.1. The van der Waals surface area contributed by atoms with E-state index in [0.29, 0.717) is 36.9 Å². The van der Waals surface area contributed by atoms with E-state index >= 15 is 0 Å². The van der Waals surface area contributed by atoms with Gasteiger partial charge in [0.1, 0.15) is 15.4 Å². The van der Waals surface area contributed by atoms with Crippen LogP contribution in [0.3, 0.4) is 0 Å². The molecule has 46 heavy (non-hydrogen) atoms. The van der Waals surface area contributed by atoms with Crippen molar-refractivity contribution < 1.29 is 19.4 Å². The summed E-state index contributed by atoms with van der Waals surface area (Å²) in [5.74, 6) is -1.28. The number of nitrogens with one attached hydrogen (secondary N) is 2. The molecule has 7 rings (SSSR count). The first-order valence-electron chi connectivity index (χ1n) is 14.8. The van der Waals surface area contributed by atoms with Crippen LogP contribution in [0.25, 0.3) is 22.1 Å². The van der Waals surface area contributed by atoms with Crippen LogP contribution in [-0.4, -0.2) is 62.6 Å². The van der Waals surface area contributed by atoms with Crippen LogP contribution in [0.4, 0.5) is 0 Å².